The molecule has 12 atom stereocenters. The Bertz CT molecular complexity index is 1700. The minimum Gasteiger partial charge on any atom is -0.503 e. The maximum Gasteiger partial charge on any atom is 4.00 e. The molecule has 16 heteroatoms. The van der Waals surface area contributed by atoms with Gasteiger partial charge in [-0.15, -0.1) is 24.6 Å². The molecule has 8 saturated carbocycles. The fraction of sp³-hybridized carbons (Fsp3) is 0.633. The van der Waals surface area contributed by atoms with E-state index in [4.69, 9.17) is 10.2 Å². The first-order valence-corrected chi connectivity index (χ1v) is 31.5. The van der Waals surface area contributed by atoms with Crippen molar-refractivity contribution in [2.24, 2.45) is 47.3 Å². The van der Waals surface area contributed by atoms with Gasteiger partial charge in [0.05, 0.1) is 16.1 Å². The molecule has 10 rings (SSSR count). The molecule has 2 aromatic carbocycles. The molecule has 2 nitrogen and oxygen atoms in total. The summed E-state index contributed by atoms with van der Waals surface area (Å²) in [6, 6.07) is 0. The summed E-state index contributed by atoms with van der Waals surface area (Å²) in [4.78, 5) is 0. The van der Waals surface area contributed by atoms with E-state index in [1.807, 2.05) is 0 Å². The van der Waals surface area contributed by atoms with Crippen molar-refractivity contribution in [3.8, 4) is 11.5 Å². The van der Waals surface area contributed by atoms with Crippen LogP contribution >= 0.6 is 0 Å². The Morgan fingerprint density at radius 2 is 0.500 bits per heavy atom. The maximum atomic E-state index is 12.2. The minimum absolute atomic E-state index is 0. The quantitative estimate of drug-likeness (QED) is 0.0995. The van der Waals surface area contributed by atoms with Crippen molar-refractivity contribution < 1.29 is 107 Å². The summed E-state index contributed by atoms with van der Waals surface area (Å²) >= 11 is 0. The summed E-state index contributed by atoms with van der Waals surface area (Å²) in [6.07, 6.45) is 37.2. The van der Waals surface area contributed by atoms with E-state index >= 15 is 0 Å². The number of fused-ring (bicyclic) bond motifs is 4. The Morgan fingerprint density at radius 3 is 0.684 bits per heavy atom. The molecule has 76 heavy (non-hydrogen) atoms. The summed E-state index contributed by atoms with van der Waals surface area (Å²) < 4.78 is 121. The molecule has 0 radical (unpaired) electrons. The van der Waals surface area contributed by atoms with Crippen molar-refractivity contribution in [3.63, 3.8) is 0 Å². The van der Waals surface area contributed by atoms with E-state index in [0.29, 0.717) is 0 Å². The van der Waals surface area contributed by atoms with Crippen LogP contribution in [0.2, 0.25) is 35.3 Å². The molecule has 0 bridgehead atoms. The number of hydrogen-bond acceptors (Lipinski definition) is 2. The van der Waals surface area contributed by atoms with Crippen molar-refractivity contribution in [2.75, 3.05) is 0 Å². The number of halogens is 10. The third-order valence-electron chi connectivity index (χ3n) is 19.8. The van der Waals surface area contributed by atoms with Crippen LogP contribution in [-0.4, -0.2) is 26.4 Å². The molecule has 2 N–H and O–H groups in total. The average Bonchev–Trinajstić information content (AvgIpc) is 4.21. The van der Waals surface area contributed by atoms with Gasteiger partial charge in [0.2, 0.25) is 58.2 Å². The summed E-state index contributed by atoms with van der Waals surface area (Å²) in [6.45, 7) is 14.5. The van der Waals surface area contributed by atoms with Gasteiger partial charge in [-0.05, 0) is 69.5 Å². The van der Waals surface area contributed by atoms with Crippen molar-refractivity contribution in [3.05, 3.63) is 127 Å². The summed E-state index contributed by atoms with van der Waals surface area (Å²) in [7, 11) is -2.62. The van der Waals surface area contributed by atoms with E-state index in [1.54, 1.807) is 103 Å². The summed E-state index contributed by atoms with van der Waals surface area (Å²) in [5, 5.41) is 16.6. The molecule has 0 aromatic heterocycles. The van der Waals surface area contributed by atoms with Gasteiger partial charge in [0.15, 0.2) is 11.5 Å². The van der Waals surface area contributed by atoms with Crippen molar-refractivity contribution in [1.82, 2.24) is 0 Å². The summed E-state index contributed by atoms with van der Waals surface area (Å²) in [5.74, 6) is -17.0. The molecule has 0 amide bonds. The first-order chi connectivity index (χ1) is 32.4. The van der Waals surface area contributed by atoms with Gasteiger partial charge in [0.1, 0.15) is 0 Å². The van der Waals surface area contributed by atoms with Crippen LogP contribution < -0.4 is 0 Å². The van der Waals surface area contributed by atoms with Gasteiger partial charge in [0.25, 0.3) is 0 Å². The standard InChI is InChI=1S/2C21H36Si.2C6HF5O.6CH3.2Zr/c2*1-3-22(2,20-14-12-16-8-4-6-10-18(16)20)21-15-13-17-9-5-7-11-19(17)21;2*7-1-2(8)4(10)6(12)5(11)3(1)9;;;;;;;;/h2*3,16-21H,1,4-15H2,2H3;2*12H;6*1H3;;/q;;;;6*-1;+2;+4. The molecule has 0 saturated heterocycles. The van der Waals surface area contributed by atoms with E-state index in [9.17, 15) is 43.9 Å². The van der Waals surface area contributed by atoms with Gasteiger partial charge < -0.3 is 54.8 Å². The second kappa shape index (κ2) is 33.2. The fourth-order valence-corrected chi connectivity index (χ4v) is 27.3. The Labute approximate surface area is 494 Å². The third-order valence-corrected chi connectivity index (χ3v) is 30.8. The van der Waals surface area contributed by atoms with Gasteiger partial charge in [0, 0.05) is 0 Å². The van der Waals surface area contributed by atoms with Crippen LogP contribution in [0.4, 0.5) is 43.9 Å². The molecule has 12 unspecified atom stereocenters. The number of benzene rings is 2. The Morgan fingerprint density at radius 1 is 0.329 bits per heavy atom. The Kier molecular flexibility index (Phi) is 33.7. The van der Waals surface area contributed by atoms with Crippen LogP contribution in [0.1, 0.15) is 154 Å². The van der Waals surface area contributed by atoms with Crippen LogP contribution in [0, 0.1) is 150 Å². The Balaban J connectivity index is 0. The average molecular weight is 1270 g/mol. The van der Waals surface area contributed by atoms with Crippen LogP contribution in [0.3, 0.4) is 0 Å². The van der Waals surface area contributed by atoms with Gasteiger partial charge >= 0.3 is 52.4 Å². The first-order valence-electron chi connectivity index (χ1n) is 26.1. The van der Waals surface area contributed by atoms with Crippen molar-refractivity contribution >= 4 is 16.1 Å². The van der Waals surface area contributed by atoms with Gasteiger partial charge in [-0.25, -0.2) is 26.3 Å². The van der Waals surface area contributed by atoms with E-state index in [-0.39, 0.29) is 97.0 Å². The van der Waals surface area contributed by atoms with E-state index in [1.165, 1.54) is 51.4 Å². The maximum absolute atomic E-state index is 12.2. The zero-order valence-electron chi connectivity index (χ0n) is 47.1. The van der Waals surface area contributed by atoms with Crippen LogP contribution in [0.25, 0.3) is 0 Å². The molecule has 8 fully saturated rings. The predicted molar refractivity (Wildman–Crippen MR) is 292 cm³/mol. The normalized spacial score (nSPS) is 30.8. The van der Waals surface area contributed by atoms with Gasteiger partial charge in [-0.2, -0.15) is 17.6 Å². The molecular weight excluding hydrogens is 1180 g/mol. The van der Waals surface area contributed by atoms with Crippen LogP contribution in [0.5, 0.6) is 11.5 Å². The van der Waals surface area contributed by atoms with Gasteiger partial charge in [-0.3, -0.25) is 0 Å². The molecule has 0 aliphatic heterocycles. The minimum atomic E-state index is -2.29. The van der Waals surface area contributed by atoms with Crippen molar-refractivity contribution in [1.29, 1.82) is 0 Å². The molecule has 430 valence electrons. The topological polar surface area (TPSA) is 40.5 Å². The third kappa shape index (κ3) is 15.4. The smallest absolute Gasteiger partial charge is 0.503 e. The largest absolute Gasteiger partial charge is 4.00 e. The molecule has 2 aromatic rings. The zero-order valence-corrected chi connectivity index (χ0v) is 54.1. The zero-order chi connectivity index (χ0) is 49.2. The van der Waals surface area contributed by atoms with Crippen LogP contribution in [0.15, 0.2) is 24.6 Å². The second-order valence-corrected chi connectivity index (χ2v) is 31.8. The van der Waals surface area contributed by atoms with E-state index in [0.717, 1.165) is 69.5 Å². The molecule has 8 aliphatic rings. The molecule has 0 heterocycles. The van der Waals surface area contributed by atoms with Crippen LogP contribution in [-0.2, 0) is 52.4 Å². The van der Waals surface area contributed by atoms with E-state index < -0.39 is 85.8 Å². The predicted octanol–water partition coefficient (Wildman–Crippen LogP) is 20.3. The second-order valence-electron chi connectivity index (χ2n) is 22.5. The van der Waals surface area contributed by atoms with Gasteiger partial charge in [-0.1, -0.05) is 167 Å². The number of hydrogen-bond donors (Lipinski definition) is 2. The molecular formula is C60H92F10O2Si2Zr2. The SMILES string of the molecule is C=C[Si](C)(C1CCC2CCCCC21)C1CCC2CCCCC21.C=C[Si](C)(C1CCC2CCCCC21)C1CCC2CCCCC21.Oc1c(F)c(F)c(F)c(F)c1F.Oc1c(F)c(F)c(F)c(F)c1F.[CH3-].[CH3-].[CH3-].[CH3-].[CH3-].[CH3-].[Zr+2].[Zr+4]. The molecule has 8 aliphatic carbocycles. The number of phenols is 2. The monoisotopic (exact) mass is 1270 g/mol. The molecule has 0 spiro atoms. The van der Waals surface area contributed by atoms with Crippen molar-refractivity contribution in [2.45, 2.75) is 189 Å². The summed E-state index contributed by atoms with van der Waals surface area (Å²) in [5.41, 5.74) is 9.55. The Hall–Kier alpha value is -0.980. The first kappa shape index (κ1) is 77.1. The number of rotatable bonds is 6. The number of phenolic OH excluding ortho intramolecular Hbond substituents is 2. The number of aromatic hydroxyl groups is 2. The fourth-order valence-electron chi connectivity index (χ4n) is 16.4. The van der Waals surface area contributed by atoms with E-state index in [2.05, 4.69) is 37.7 Å².